The molecule has 1 atom stereocenters. The van der Waals surface area contributed by atoms with E-state index in [1.807, 2.05) is 30.3 Å². The number of aliphatic hydroxyl groups is 1. The molecule has 2 rings (SSSR count). The van der Waals surface area contributed by atoms with Crippen LogP contribution in [-0.2, 0) is 12.8 Å². The summed E-state index contributed by atoms with van der Waals surface area (Å²) in [6.07, 6.45) is 5.31. The van der Waals surface area contributed by atoms with Gasteiger partial charge in [0.2, 0.25) is 0 Å². The minimum atomic E-state index is -0.265. The molecule has 0 radical (unpaired) electrons. The highest BCUT2D eigenvalue weighted by Gasteiger charge is 2.08. The molecule has 26 heavy (non-hydrogen) atoms. The molecule has 0 saturated heterocycles. The first-order chi connectivity index (χ1) is 12.7. The van der Waals surface area contributed by atoms with Gasteiger partial charge in [0, 0.05) is 0 Å². The van der Waals surface area contributed by atoms with Crippen LogP contribution in [0.25, 0.3) is 0 Å². The Kier molecular flexibility index (Phi) is 8.29. The van der Waals surface area contributed by atoms with Gasteiger partial charge in [-0.2, -0.15) is 0 Å². The molecule has 142 valence electrons. The van der Waals surface area contributed by atoms with E-state index in [1.165, 1.54) is 5.56 Å². The first kappa shape index (κ1) is 20.1. The minimum Gasteiger partial charge on any atom is -0.497 e. The summed E-state index contributed by atoms with van der Waals surface area (Å²) in [5.41, 5.74) is 2.46. The van der Waals surface area contributed by atoms with Gasteiger partial charge in [0.15, 0.2) is 11.5 Å². The Morgan fingerprint density at radius 2 is 1.42 bits per heavy atom. The van der Waals surface area contributed by atoms with Gasteiger partial charge in [-0.1, -0.05) is 24.6 Å². The fourth-order valence-corrected chi connectivity index (χ4v) is 3.02. The van der Waals surface area contributed by atoms with Crippen LogP contribution in [0.5, 0.6) is 17.2 Å². The van der Waals surface area contributed by atoms with Crippen molar-refractivity contribution in [2.45, 2.75) is 44.6 Å². The van der Waals surface area contributed by atoms with Crippen LogP contribution < -0.4 is 14.2 Å². The summed E-state index contributed by atoms with van der Waals surface area (Å²) in [6, 6.07) is 14.1. The standard InChI is InChI=1S/C22H30O4/c1-24-20-13-9-17(10-14-20)6-4-5-7-19(23)12-8-18-11-15-21(25-2)22(16-18)26-3/h9-11,13-16,19,23H,4-8,12H2,1-3H3/t19-/m1/s1. The number of rotatable bonds is 11. The van der Waals surface area contributed by atoms with Gasteiger partial charge in [-0.3, -0.25) is 0 Å². The molecule has 0 amide bonds. The van der Waals surface area contributed by atoms with Crippen LogP contribution in [0.15, 0.2) is 42.5 Å². The van der Waals surface area contributed by atoms with Crippen molar-refractivity contribution in [3.63, 3.8) is 0 Å². The van der Waals surface area contributed by atoms with Gasteiger partial charge in [-0.05, 0) is 67.5 Å². The molecule has 0 aliphatic carbocycles. The molecule has 0 aromatic heterocycles. The van der Waals surface area contributed by atoms with Gasteiger partial charge in [-0.25, -0.2) is 0 Å². The topological polar surface area (TPSA) is 47.9 Å². The summed E-state index contributed by atoms with van der Waals surface area (Å²) in [5, 5.41) is 10.2. The normalized spacial score (nSPS) is 11.8. The number of hydrogen-bond donors (Lipinski definition) is 1. The van der Waals surface area contributed by atoms with Crippen LogP contribution in [0.3, 0.4) is 0 Å². The molecule has 0 unspecified atom stereocenters. The summed E-state index contributed by atoms with van der Waals surface area (Å²) in [6.45, 7) is 0. The Balaban J connectivity index is 1.67. The highest BCUT2D eigenvalue weighted by Crippen LogP contribution is 2.28. The van der Waals surface area contributed by atoms with Gasteiger partial charge in [-0.15, -0.1) is 0 Å². The van der Waals surface area contributed by atoms with Crippen LogP contribution in [0, 0.1) is 0 Å². The Morgan fingerprint density at radius 1 is 0.731 bits per heavy atom. The number of benzene rings is 2. The van der Waals surface area contributed by atoms with E-state index in [9.17, 15) is 5.11 Å². The molecule has 0 saturated carbocycles. The lowest BCUT2D eigenvalue weighted by atomic mass is 10.0. The van der Waals surface area contributed by atoms with Crippen molar-refractivity contribution in [1.82, 2.24) is 0 Å². The minimum absolute atomic E-state index is 0.265. The molecule has 0 spiro atoms. The number of aliphatic hydroxyl groups excluding tert-OH is 1. The quantitative estimate of drug-likeness (QED) is 0.604. The number of aryl methyl sites for hydroxylation is 2. The zero-order valence-electron chi connectivity index (χ0n) is 16.0. The van der Waals surface area contributed by atoms with E-state index in [2.05, 4.69) is 12.1 Å². The largest absolute Gasteiger partial charge is 0.497 e. The molecular formula is C22H30O4. The van der Waals surface area contributed by atoms with E-state index in [4.69, 9.17) is 14.2 Å². The Morgan fingerprint density at radius 3 is 2.08 bits per heavy atom. The van der Waals surface area contributed by atoms with Crippen molar-refractivity contribution in [1.29, 1.82) is 0 Å². The van der Waals surface area contributed by atoms with Crippen molar-refractivity contribution < 1.29 is 19.3 Å². The van der Waals surface area contributed by atoms with Gasteiger partial charge < -0.3 is 19.3 Å². The molecule has 0 heterocycles. The molecule has 0 fully saturated rings. The SMILES string of the molecule is COc1ccc(CCCC[C@@H](O)CCc2ccc(OC)c(OC)c2)cc1. The predicted molar refractivity (Wildman–Crippen MR) is 104 cm³/mol. The molecule has 2 aromatic rings. The smallest absolute Gasteiger partial charge is 0.160 e. The van der Waals surface area contributed by atoms with E-state index < -0.39 is 0 Å². The van der Waals surface area contributed by atoms with Crippen LogP contribution in [0.4, 0.5) is 0 Å². The van der Waals surface area contributed by atoms with Crippen molar-refractivity contribution in [3.05, 3.63) is 53.6 Å². The molecule has 0 aliphatic rings. The summed E-state index contributed by atoms with van der Waals surface area (Å²) < 4.78 is 15.7. The van der Waals surface area contributed by atoms with E-state index in [1.54, 1.807) is 21.3 Å². The first-order valence-electron chi connectivity index (χ1n) is 9.18. The summed E-state index contributed by atoms with van der Waals surface area (Å²) in [5.74, 6) is 2.36. The van der Waals surface area contributed by atoms with Gasteiger partial charge >= 0.3 is 0 Å². The zero-order chi connectivity index (χ0) is 18.8. The Hall–Kier alpha value is -2.20. The third-order valence-electron chi connectivity index (χ3n) is 4.63. The van der Waals surface area contributed by atoms with Gasteiger partial charge in [0.25, 0.3) is 0 Å². The van der Waals surface area contributed by atoms with Crippen LogP contribution in [0.1, 0.15) is 36.8 Å². The maximum atomic E-state index is 10.2. The fraction of sp³-hybridized carbons (Fsp3) is 0.455. The summed E-state index contributed by atoms with van der Waals surface area (Å²) in [7, 11) is 4.95. The van der Waals surface area contributed by atoms with Crippen molar-refractivity contribution in [2.75, 3.05) is 21.3 Å². The lowest BCUT2D eigenvalue weighted by Gasteiger charge is -2.12. The van der Waals surface area contributed by atoms with E-state index in [0.29, 0.717) is 0 Å². The zero-order valence-corrected chi connectivity index (χ0v) is 16.0. The third kappa shape index (κ3) is 6.26. The summed E-state index contributed by atoms with van der Waals surface area (Å²) in [4.78, 5) is 0. The predicted octanol–water partition coefficient (Wildman–Crippen LogP) is 4.42. The lowest BCUT2D eigenvalue weighted by Crippen LogP contribution is -2.08. The summed E-state index contributed by atoms with van der Waals surface area (Å²) >= 11 is 0. The maximum absolute atomic E-state index is 10.2. The van der Waals surface area contributed by atoms with E-state index in [0.717, 1.165) is 61.3 Å². The average Bonchev–Trinajstić information content (AvgIpc) is 2.69. The average molecular weight is 358 g/mol. The number of unbranched alkanes of at least 4 members (excludes halogenated alkanes) is 1. The molecular weight excluding hydrogens is 328 g/mol. The van der Waals surface area contributed by atoms with Gasteiger partial charge in [0.1, 0.15) is 5.75 Å². The fourth-order valence-electron chi connectivity index (χ4n) is 3.02. The molecule has 2 aromatic carbocycles. The second-order valence-corrected chi connectivity index (χ2v) is 6.48. The maximum Gasteiger partial charge on any atom is 0.160 e. The first-order valence-corrected chi connectivity index (χ1v) is 9.18. The van der Waals surface area contributed by atoms with Gasteiger partial charge in [0.05, 0.1) is 27.4 Å². The number of methoxy groups -OCH3 is 3. The molecule has 0 bridgehead atoms. The highest BCUT2D eigenvalue weighted by atomic mass is 16.5. The van der Waals surface area contributed by atoms with Crippen molar-refractivity contribution in [3.8, 4) is 17.2 Å². The monoisotopic (exact) mass is 358 g/mol. The van der Waals surface area contributed by atoms with Crippen molar-refractivity contribution in [2.24, 2.45) is 0 Å². The van der Waals surface area contributed by atoms with Crippen LogP contribution >= 0.6 is 0 Å². The second kappa shape index (κ2) is 10.7. The Bertz CT molecular complexity index is 652. The van der Waals surface area contributed by atoms with Crippen molar-refractivity contribution >= 4 is 0 Å². The molecule has 1 N–H and O–H groups in total. The number of hydrogen-bond acceptors (Lipinski definition) is 4. The van der Waals surface area contributed by atoms with E-state index in [-0.39, 0.29) is 6.10 Å². The molecule has 4 nitrogen and oxygen atoms in total. The van der Waals surface area contributed by atoms with Crippen LogP contribution in [0.2, 0.25) is 0 Å². The second-order valence-electron chi connectivity index (χ2n) is 6.48. The van der Waals surface area contributed by atoms with E-state index >= 15 is 0 Å². The Labute approximate surface area is 156 Å². The highest BCUT2D eigenvalue weighted by molar-refractivity contribution is 5.42. The third-order valence-corrected chi connectivity index (χ3v) is 4.63. The lowest BCUT2D eigenvalue weighted by molar-refractivity contribution is 0.151. The molecule has 4 heteroatoms. The number of ether oxygens (including phenoxy) is 3. The molecule has 0 aliphatic heterocycles. The van der Waals surface area contributed by atoms with Crippen LogP contribution in [-0.4, -0.2) is 32.5 Å².